The molecule has 1 fully saturated rings. The van der Waals surface area contributed by atoms with Gasteiger partial charge in [-0.3, -0.25) is 4.90 Å². The van der Waals surface area contributed by atoms with Crippen molar-refractivity contribution >= 4 is 11.3 Å². The van der Waals surface area contributed by atoms with E-state index in [2.05, 4.69) is 41.4 Å². The fourth-order valence-corrected chi connectivity index (χ4v) is 2.94. The number of likely N-dealkylation sites (tertiary alicyclic amines) is 1. The van der Waals surface area contributed by atoms with Crippen LogP contribution in [-0.2, 0) is 6.54 Å². The molecule has 0 amide bonds. The second-order valence-corrected chi connectivity index (χ2v) is 6.37. The maximum absolute atomic E-state index is 4.53. The van der Waals surface area contributed by atoms with Crippen molar-refractivity contribution in [3.63, 3.8) is 0 Å². The Kier molecular flexibility index (Phi) is 4.54. The summed E-state index contributed by atoms with van der Waals surface area (Å²) in [6, 6.07) is 0.602. The molecular formula is C13H23N3S. The number of hydrogen-bond donors (Lipinski definition) is 1. The molecule has 1 N–H and O–H groups in total. The molecule has 0 spiro atoms. The number of aromatic nitrogens is 1. The summed E-state index contributed by atoms with van der Waals surface area (Å²) in [5.74, 6) is 0.817. The minimum Gasteiger partial charge on any atom is -0.314 e. The fraction of sp³-hybridized carbons (Fsp3) is 0.769. The predicted molar refractivity (Wildman–Crippen MR) is 73.4 cm³/mol. The van der Waals surface area contributed by atoms with Crippen LogP contribution in [0.5, 0.6) is 0 Å². The molecule has 0 bridgehead atoms. The summed E-state index contributed by atoms with van der Waals surface area (Å²) in [6.45, 7) is 11.1. The van der Waals surface area contributed by atoms with Crippen LogP contribution in [0, 0.1) is 12.8 Å². The lowest BCUT2D eigenvalue weighted by atomic mass is 10.1. The molecule has 0 aliphatic carbocycles. The molecule has 1 aromatic heterocycles. The molecule has 17 heavy (non-hydrogen) atoms. The molecule has 2 rings (SSSR count). The first-order valence-corrected chi connectivity index (χ1v) is 7.38. The van der Waals surface area contributed by atoms with Crippen LogP contribution in [0.4, 0.5) is 0 Å². The van der Waals surface area contributed by atoms with Crippen molar-refractivity contribution in [1.29, 1.82) is 0 Å². The highest BCUT2D eigenvalue weighted by atomic mass is 32.1. The van der Waals surface area contributed by atoms with Crippen molar-refractivity contribution in [2.24, 2.45) is 5.92 Å². The lowest BCUT2D eigenvalue weighted by molar-refractivity contribution is 0.309. The first kappa shape index (κ1) is 13.0. The molecule has 4 heteroatoms. The lowest BCUT2D eigenvalue weighted by Crippen LogP contribution is -2.30. The van der Waals surface area contributed by atoms with E-state index in [4.69, 9.17) is 0 Å². The number of rotatable bonds is 5. The van der Waals surface area contributed by atoms with Gasteiger partial charge in [-0.2, -0.15) is 0 Å². The lowest BCUT2D eigenvalue weighted by Gasteiger charge is -2.16. The third kappa shape index (κ3) is 4.05. The van der Waals surface area contributed by atoms with Gasteiger partial charge in [0.2, 0.25) is 0 Å². The Morgan fingerprint density at radius 1 is 1.59 bits per heavy atom. The van der Waals surface area contributed by atoms with Crippen LogP contribution in [0.2, 0.25) is 0 Å². The molecule has 96 valence electrons. The van der Waals surface area contributed by atoms with Crippen molar-refractivity contribution in [3.05, 3.63) is 16.1 Å². The Bertz CT molecular complexity index is 348. The topological polar surface area (TPSA) is 28.2 Å². The summed E-state index contributed by atoms with van der Waals surface area (Å²) in [6.07, 6.45) is 1.32. The van der Waals surface area contributed by atoms with Crippen molar-refractivity contribution in [1.82, 2.24) is 15.2 Å². The Morgan fingerprint density at radius 3 is 3.06 bits per heavy atom. The monoisotopic (exact) mass is 253 g/mol. The standard InChI is InChI=1S/C13H23N3S/c1-10(2)14-6-12-4-5-16(7-12)8-13-9-17-11(3)15-13/h9-10,12,14H,4-8H2,1-3H3. The van der Waals surface area contributed by atoms with Crippen LogP contribution in [0.1, 0.15) is 31.0 Å². The van der Waals surface area contributed by atoms with E-state index >= 15 is 0 Å². The van der Waals surface area contributed by atoms with Gasteiger partial charge < -0.3 is 5.32 Å². The minimum atomic E-state index is 0.602. The molecule has 3 nitrogen and oxygen atoms in total. The van der Waals surface area contributed by atoms with Gasteiger partial charge in [-0.05, 0) is 32.4 Å². The third-order valence-electron chi connectivity index (χ3n) is 3.24. The maximum atomic E-state index is 4.53. The second-order valence-electron chi connectivity index (χ2n) is 5.31. The van der Waals surface area contributed by atoms with E-state index in [0.717, 1.165) is 19.0 Å². The second kappa shape index (κ2) is 5.94. The first-order valence-electron chi connectivity index (χ1n) is 6.50. The molecule has 1 unspecified atom stereocenters. The summed E-state index contributed by atoms with van der Waals surface area (Å²) in [5.41, 5.74) is 1.24. The quantitative estimate of drug-likeness (QED) is 0.872. The average molecular weight is 253 g/mol. The smallest absolute Gasteiger partial charge is 0.0897 e. The predicted octanol–water partition coefficient (Wildman–Crippen LogP) is 2.27. The van der Waals surface area contributed by atoms with Gasteiger partial charge in [0.1, 0.15) is 0 Å². The highest BCUT2D eigenvalue weighted by Crippen LogP contribution is 2.19. The number of thiazole rings is 1. The minimum absolute atomic E-state index is 0.602. The maximum Gasteiger partial charge on any atom is 0.0897 e. The zero-order valence-electron chi connectivity index (χ0n) is 11.1. The van der Waals surface area contributed by atoms with E-state index in [1.807, 2.05) is 0 Å². The zero-order chi connectivity index (χ0) is 12.3. The fourth-order valence-electron chi connectivity index (χ4n) is 2.34. The van der Waals surface area contributed by atoms with Crippen LogP contribution >= 0.6 is 11.3 Å². The van der Waals surface area contributed by atoms with Gasteiger partial charge in [0, 0.05) is 24.5 Å². The molecular weight excluding hydrogens is 230 g/mol. The van der Waals surface area contributed by atoms with Gasteiger partial charge in [-0.1, -0.05) is 13.8 Å². The van der Waals surface area contributed by atoms with Crippen LogP contribution < -0.4 is 5.32 Å². The van der Waals surface area contributed by atoms with Gasteiger partial charge in [-0.15, -0.1) is 11.3 Å². The van der Waals surface area contributed by atoms with Crippen LogP contribution in [-0.4, -0.2) is 35.6 Å². The molecule has 0 aromatic carbocycles. The van der Waals surface area contributed by atoms with Crippen molar-refractivity contribution in [2.45, 2.75) is 39.8 Å². The molecule has 1 aliphatic rings. The van der Waals surface area contributed by atoms with Gasteiger partial charge in [-0.25, -0.2) is 4.98 Å². The number of aryl methyl sites for hydroxylation is 1. The van der Waals surface area contributed by atoms with Crippen LogP contribution in [0.25, 0.3) is 0 Å². The SMILES string of the molecule is Cc1nc(CN2CCC(CNC(C)C)C2)cs1. The van der Waals surface area contributed by atoms with Crippen molar-refractivity contribution in [3.8, 4) is 0 Å². The Balaban J connectivity index is 1.74. The van der Waals surface area contributed by atoms with Crippen molar-refractivity contribution < 1.29 is 0 Å². The molecule has 2 heterocycles. The van der Waals surface area contributed by atoms with Crippen LogP contribution in [0.15, 0.2) is 5.38 Å². The Labute approximate surface area is 108 Å². The number of hydrogen-bond acceptors (Lipinski definition) is 4. The van der Waals surface area contributed by atoms with Gasteiger partial charge in [0.15, 0.2) is 0 Å². The van der Waals surface area contributed by atoms with Gasteiger partial charge in [0.25, 0.3) is 0 Å². The number of nitrogens with zero attached hydrogens (tertiary/aromatic N) is 2. The van der Waals surface area contributed by atoms with E-state index in [1.165, 1.54) is 30.2 Å². The first-order chi connectivity index (χ1) is 8.13. The summed E-state index contributed by atoms with van der Waals surface area (Å²) >= 11 is 1.75. The summed E-state index contributed by atoms with van der Waals surface area (Å²) < 4.78 is 0. The summed E-state index contributed by atoms with van der Waals surface area (Å²) in [7, 11) is 0. The van der Waals surface area contributed by atoms with E-state index in [1.54, 1.807) is 11.3 Å². The van der Waals surface area contributed by atoms with Gasteiger partial charge >= 0.3 is 0 Å². The molecule has 1 saturated heterocycles. The summed E-state index contributed by atoms with van der Waals surface area (Å²) in [5, 5.41) is 6.90. The summed E-state index contributed by atoms with van der Waals surface area (Å²) in [4.78, 5) is 7.06. The largest absolute Gasteiger partial charge is 0.314 e. The van der Waals surface area contributed by atoms with E-state index in [9.17, 15) is 0 Å². The van der Waals surface area contributed by atoms with E-state index in [0.29, 0.717) is 6.04 Å². The normalized spacial score (nSPS) is 21.5. The Hall–Kier alpha value is -0.450. The average Bonchev–Trinajstić information content (AvgIpc) is 2.86. The molecule has 0 saturated carbocycles. The highest BCUT2D eigenvalue weighted by molar-refractivity contribution is 7.09. The third-order valence-corrected chi connectivity index (χ3v) is 4.06. The Morgan fingerprint density at radius 2 is 2.41 bits per heavy atom. The van der Waals surface area contributed by atoms with E-state index < -0.39 is 0 Å². The zero-order valence-corrected chi connectivity index (χ0v) is 11.9. The van der Waals surface area contributed by atoms with Crippen LogP contribution in [0.3, 0.4) is 0 Å². The van der Waals surface area contributed by atoms with Crippen molar-refractivity contribution in [2.75, 3.05) is 19.6 Å². The number of nitrogens with one attached hydrogen (secondary N) is 1. The van der Waals surface area contributed by atoms with E-state index in [-0.39, 0.29) is 0 Å². The molecule has 1 aromatic rings. The van der Waals surface area contributed by atoms with Gasteiger partial charge in [0.05, 0.1) is 10.7 Å². The molecule has 1 atom stereocenters. The molecule has 1 aliphatic heterocycles. The molecule has 0 radical (unpaired) electrons. The highest BCUT2D eigenvalue weighted by Gasteiger charge is 2.22.